The molecule has 0 saturated heterocycles. The van der Waals surface area contributed by atoms with Crippen LogP contribution in [-0.4, -0.2) is 10.8 Å². The Morgan fingerprint density at radius 3 is 2.64 bits per heavy atom. The Balaban J connectivity index is 1.80. The summed E-state index contributed by atoms with van der Waals surface area (Å²) in [4.78, 5) is 20.1. The summed E-state index contributed by atoms with van der Waals surface area (Å²) >= 11 is 8.96. The number of aryl methyl sites for hydroxylation is 1. The normalized spacial score (nSPS) is 13.6. The lowest BCUT2D eigenvalue weighted by molar-refractivity contribution is 0.104. The maximum absolute atomic E-state index is 13.0. The number of pyridine rings is 1. The molecule has 4 aromatic rings. The quantitative estimate of drug-likeness (QED) is 0.388. The number of nitrogens with two attached hydrogens (primary N) is 1. The molecule has 0 aliphatic heterocycles. The van der Waals surface area contributed by atoms with Gasteiger partial charge in [0.05, 0.1) is 10.6 Å². The SMILES string of the molecule is Nc1c(C(=O)c2cccs2)sc2nc3c(c(-c4ccc(Cl)cc4)c12)CCCC3. The molecule has 0 fully saturated rings. The number of benzene rings is 1. The van der Waals surface area contributed by atoms with Crippen LogP contribution in [0.2, 0.25) is 5.02 Å². The summed E-state index contributed by atoms with van der Waals surface area (Å²) in [6, 6.07) is 11.6. The van der Waals surface area contributed by atoms with Gasteiger partial charge in [-0.1, -0.05) is 29.8 Å². The summed E-state index contributed by atoms with van der Waals surface area (Å²) in [5.74, 6) is -0.0180. The minimum absolute atomic E-state index is 0.0180. The Morgan fingerprint density at radius 1 is 1.11 bits per heavy atom. The molecule has 1 aliphatic carbocycles. The van der Waals surface area contributed by atoms with E-state index in [1.165, 1.54) is 28.2 Å². The smallest absolute Gasteiger partial charge is 0.215 e. The van der Waals surface area contributed by atoms with Gasteiger partial charge < -0.3 is 5.73 Å². The number of thiophene rings is 2. The largest absolute Gasteiger partial charge is 0.397 e. The zero-order valence-corrected chi connectivity index (χ0v) is 17.4. The van der Waals surface area contributed by atoms with E-state index in [-0.39, 0.29) is 5.78 Å². The summed E-state index contributed by atoms with van der Waals surface area (Å²) < 4.78 is 0. The van der Waals surface area contributed by atoms with Gasteiger partial charge in [-0.15, -0.1) is 22.7 Å². The first-order valence-corrected chi connectivity index (χ1v) is 11.3. The molecule has 28 heavy (non-hydrogen) atoms. The van der Waals surface area contributed by atoms with Crippen LogP contribution in [-0.2, 0) is 12.8 Å². The molecule has 0 amide bonds. The fourth-order valence-electron chi connectivity index (χ4n) is 3.93. The molecule has 140 valence electrons. The van der Waals surface area contributed by atoms with Crippen molar-refractivity contribution in [3.05, 3.63) is 67.8 Å². The molecule has 3 nitrogen and oxygen atoms in total. The monoisotopic (exact) mass is 424 g/mol. The number of aromatic nitrogens is 1. The molecule has 1 aromatic carbocycles. The average Bonchev–Trinajstić information content (AvgIpc) is 3.35. The number of halogens is 1. The van der Waals surface area contributed by atoms with E-state index < -0.39 is 0 Å². The maximum atomic E-state index is 13.0. The van der Waals surface area contributed by atoms with Gasteiger partial charge in [0.1, 0.15) is 9.71 Å². The number of rotatable bonds is 3. The first kappa shape index (κ1) is 17.9. The van der Waals surface area contributed by atoms with Gasteiger partial charge in [-0.3, -0.25) is 4.79 Å². The Kier molecular flexibility index (Phi) is 4.46. The Bertz CT molecular complexity index is 1190. The average molecular weight is 425 g/mol. The highest BCUT2D eigenvalue weighted by Gasteiger charge is 2.26. The molecule has 1 aliphatic rings. The molecule has 0 radical (unpaired) electrons. The van der Waals surface area contributed by atoms with Crippen LogP contribution >= 0.6 is 34.3 Å². The van der Waals surface area contributed by atoms with Crippen molar-refractivity contribution in [3.8, 4) is 11.1 Å². The highest BCUT2D eigenvalue weighted by molar-refractivity contribution is 7.22. The van der Waals surface area contributed by atoms with E-state index in [2.05, 4.69) is 0 Å². The molecule has 0 saturated carbocycles. The minimum Gasteiger partial charge on any atom is -0.397 e. The van der Waals surface area contributed by atoms with Gasteiger partial charge in [-0.25, -0.2) is 4.98 Å². The minimum atomic E-state index is -0.0180. The predicted molar refractivity (Wildman–Crippen MR) is 119 cm³/mol. The third-order valence-electron chi connectivity index (χ3n) is 5.24. The second kappa shape index (κ2) is 6.99. The van der Waals surface area contributed by atoms with E-state index >= 15 is 0 Å². The number of hydrogen-bond donors (Lipinski definition) is 1. The molecular formula is C22H17ClN2OS2. The third-order valence-corrected chi connectivity index (χ3v) is 7.46. The van der Waals surface area contributed by atoms with E-state index in [4.69, 9.17) is 22.3 Å². The Hall–Kier alpha value is -2.21. The van der Waals surface area contributed by atoms with Crippen molar-refractivity contribution in [3.63, 3.8) is 0 Å². The zero-order chi connectivity index (χ0) is 19.3. The summed E-state index contributed by atoms with van der Waals surface area (Å²) in [7, 11) is 0. The Morgan fingerprint density at radius 2 is 1.89 bits per heavy atom. The number of ketones is 1. The molecule has 6 heteroatoms. The second-order valence-corrected chi connectivity index (χ2v) is 9.34. The van der Waals surface area contributed by atoms with Crippen LogP contribution in [0.15, 0.2) is 41.8 Å². The highest BCUT2D eigenvalue weighted by Crippen LogP contribution is 2.44. The second-order valence-electron chi connectivity index (χ2n) is 6.96. The summed E-state index contributed by atoms with van der Waals surface area (Å²) in [6.45, 7) is 0. The van der Waals surface area contributed by atoms with E-state index in [1.54, 1.807) is 0 Å². The number of nitrogen functional groups attached to an aromatic ring is 1. The molecule has 2 N–H and O–H groups in total. The van der Waals surface area contributed by atoms with Gasteiger partial charge in [0.2, 0.25) is 5.78 Å². The zero-order valence-electron chi connectivity index (χ0n) is 15.0. The van der Waals surface area contributed by atoms with Crippen LogP contribution in [0.4, 0.5) is 5.69 Å². The fraction of sp³-hybridized carbons (Fsp3) is 0.182. The number of fused-ring (bicyclic) bond motifs is 2. The van der Waals surface area contributed by atoms with Crippen LogP contribution in [0.25, 0.3) is 21.3 Å². The topological polar surface area (TPSA) is 56.0 Å². The van der Waals surface area contributed by atoms with Crippen molar-refractivity contribution in [1.29, 1.82) is 0 Å². The van der Waals surface area contributed by atoms with Crippen LogP contribution in [0.1, 0.15) is 38.6 Å². The molecule has 0 spiro atoms. The van der Waals surface area contributed by atoms with Crippen molar-refractivity contribution >= 4 is 56.0 Å². The van der Waals surface area contributed by atoms with Gasteiger partial charge in [0.15, 0.2) is 0 Å². The number of anilines is 1. The van der Waals surface area contributed by atoms with Gasteiger partial charge in [0.25, 0.3) is 0 Å². The Labute approximate surface area is 175 Å². The standard InChI is InChI=1S/C22H17ClN2OS2/c23-13-9-7-12(8-10-13)17-14-4-1-2-5-15(14)25-22-18(17)19(24)21(28-22)20(26)16-6-3-11-27-16/h3,6-11H,1-2,4-5,24H2. The summed E-state index contributed by atoms with van der Waals surface area (Å²) in [5.41, 5.74) is 11.7. The summed E-state index contributed by atoms with van der Waals surface area (Å²) in [6.07, 6.45) is 4.25. The molecule has 0 unspecified atom stereocenters. The van der Waals surface area contributed by atoms with Crippen molar-refractivity contribution in [2.24, 2.45) is 0 Å². The third kappa shape index (κ3) is 2.85. The molecule has 3 aromatic heterocycles. The van der Waals surface area contributed by atoms with Crippen molar-refractivity contribution in [1.82, 2.24) is 4.98 Å². The molecule has 3 heterocycles. The number of carbonyl (C=O) groups is 1. The van der Waals surface area contributed by atoms with Crippen molar-refractivity contribution < 1.29 is 4.79 Å². The first-order chi connectivity index (χ1) is 13.6. The molecule has 5 rings (SSSR count). The lowest BCUT2D eigenvalue weighted by Gasteiger charge is -2.20. The van der Waals surface area contributed by atoms with E-state index in [1.807, 2.05) is 41.8 Å². The van der Waals surface area contributed by atoms with Gasteiger partial charge in [0, 0.05) is 16.1 Å². The van der Waals surface area contributed by atoms with Crippen LogP contribution in [0, 0.1) is 0 Å². The maximum Gasteiger partial charge on any atom is 0.215 e. The van der Waals surface area contributed by atoms with E-state index in [9.17, 15) is 4.79 Å². The summed E-state index contributed by atoms with van der Waals surface area (Å²) in [5, 5.41) is 3.52. The lowest BCUT2D eigenvalue weighted by Crippen LogP contribution is -2.08. The van der Waals surface area contributed by atoms with E-state index in [0.29, 0.717) is 20.5 Å². The van der Waals surface area contributed by atoms with Crippen LogP contribution in [0.3, 0.4) is 0 Å². The number of nitrogens with zero attached hydrogens (tertiary/aromatic N) is 1. The van der Waals surface area contributed by atoms with E-state index in [0.717, 1.165) is 52.7 Å². The predicted octanol–water partition coefficient (Wildman–Crippen LogP) is 6.37. The van der Waals surface area contributed by atoms with Gasteiger partial charge in [-0.2, -0.15) is 0 Å². The molecular weight excluding hydrogens is 408 g/mol. The number of carbonyl (C=O) groups excluding carboxylic acids is 1. The first-order valence-electron chi connectivity index (χ1n) is 9.21. The lowest BCUT2D eigenvalue weighted by atomic mass is 9.87. The molecule has 0 atom stereocenters. The van der Waals surface area contributed by atoms with Gasteiger partial charge >= 0.3 is 0 Å². The van der Waals surface area contributed by atoms with Crippen LogP contribution in [0.5, 0.6) is 0 Å². The van der Waals surface area contributed by atoms with Gasteiger partial charge in [-0.05, 0) is 66.0 Å². The molecule has 0 bridgehead atoms. The highest BCUT2D eigenvalue weighted by atomic mass is 35.5. The van der Waals surface area contributed by atoms with Crippen LogP contribution < -0.4 is 5.73 Å². The van der Waals surface area contributed by atoms with Crippen molar-refractivity contribution in [2.75, 3.05) is 5.73 Å². The van der Waals surface area contributed by atoms with Crippen molar-refractivity contribution in [2.45, 2.75) is 25.7 Å². The number of hydrogen-bond acceptors (Lipinski definition) is 5. The fourth-order valence-corrected chi connectivity index (χ4v) is 5.87.